The number of carbonyl (C=O) groups is 1. The highest BCUT2D eigenvalue weighted by molar-refractivity contribution is 5.93. The van der Waals surface area contributed by atoms with Crippen molar-refractivity contribution in [3.05, 3.63) is 90.6 Å². The molecule has 1 heterocycles. The van der Waals surface area contributed by atoms with Crippen LogP contribution in [0.2, 0.25) is 0 Å². The smallest absolute Gasteiger partial charge is 0.270 e. The predicted molar refractivity (Wildman–Crippen MR) is 113 cm³/mol. The van der Waals surface area contributed by atoms with Gasteiger partial charge < -0.3 is 10.6 Å². The van der Waals surface area contributed by atoms with E-state index >= 15 is 0 Å². The molecule has 2 N–H and O–H groups in total. The molecule has 0 radical (unpaired) electrons. The summed E-state index contributed by atoms with van der Waals surface area (Å²) in [6, 6.07) is 21.5. The Balaban J connectivity index is 1.68. The minimum atomic E-state index is -0.200. The first kappa shape index (κ1) is 19.3. The lowest BCUT2D eigenvalue weighted by Crippen LogP contribution is -2.26. The van der Waals surface area contributed by atoms with Crippen molar-refractivity contribution in [3.63, 3.8) is 0 Å². The maximum Gasteiger partial charge on any atom is 0.270 e. The standard InChI is InChI=1S/C23H24N4O/c1-2-15-24-21-17-20(26-22(27-21)19-13-7-4-8-14-19)23(28)25-16-9-12-18-10-5-3-6-11-18/h2-8,10-11,13-14,17H,1,9,12,15-16H2,(H,25,28)(H,24,26,27). The lowest BCUT2D eigenvalue weighted by Gasteiger charge is -2.10. The van der Waals surface area contributed by atoms with Crippen molar-refractivity contribution >= 4 is 11.7 Å². The van der Waals surface area contributed by atoms with E-state index < -0.39 is 0 Å². The van der Waals surface area contributed by atoms with Gasteiger partial charge in [0.25, 0.3) is 5.91 Å². The van der Waals surface area contributed by atoms with Crippen LogP contribution in [0.15, 0.2) is 79.4 Å². The lowest BCUT2D eigenvalue weighted by molar-refractivity contribution is 0.0948. The van der Waals surface area contributed by atoms with Crippen molar-refractivity contribution in [2.75, 3.05) is 18.4 Å². The molecule has 3 aromatic rings. The van der Waals surface area contributed by atoms with Crippen molar-refractivity contribution in [2.24, 2.45) is 0 Å². The van der Waals surface area contributed by atoms with E-state index in [1.807, 2.05) is 48.5 Å². The van der Waals surface area contributed by atoms with Crippen molar-refractivity contribution in [1.82, 2.24) is 15.3 Å². The molecule has 5 heteroatoms. The first-order valence-corrected chi connectivity index (χ1v) is 9.37. The molecular weight excluding hydrogens is 348 g/mol. The Kier molecular flexibility index (Phi) is 6.90. The summed E-state index contributed by atoms with van der Waals surface area (Å²) in [5, 5.41) is 6.09. The Bertz CT molecular complexity index is 910. The van der Waals surface area contributed by atoms with Crippen LogP contribution in [0, 0.1) is 0 Å². The summed E-state index contributed by atoms with van der Waals surface area (Å²) in [5.74, 6) is 0.918. The molecule has 2 aromatic carbocycles. The SMILES string of the molecule is C=CCNc1cc(C(=O)NCCCc2ccccc2)nc(-c2ccccc2)n1. The highest BCUT2D eigenvalue weighted by Gasteiger charge is 2.12. The highest BCUT2D eigenvalue weighted by atomic mass is 16.1. The van der Waals surface area contributed by atoms with E-state index in [2.05, 4.69) is 39.3 Å². The van der Waals surface area contributed by atoms with Gasteiger partial charge in [0.1, 0.15) is 11.5 Å². The molecule has 0 saturated carbocycles. The largest absolute Gasteiger partial charge is 0.366 e. The molecule has 0 aliphatic rings. The second-order valence-corrected chi connectivity index (χ2v) is 6.34. The van der Waals surface area contributed by atoms with Crippen LogP contribution >= 0.6 is 0 Å². The van der Waals surface area contributed by atoms with Crippen LogP contribution in [0.5, 0.6) is 0 Å². The van der Waals surface area contributed by atoms with E-state index in [1.165, 1.54) is 5.56 Å². The Hall–Kier alpha value is -3.47. The second-order valence-electron chi connectivity index (χ2n) is 6.34. The zero-order valence-corrected chi connectivity index (χ0v) is 15.8. The van der Waals surface area contributed by atoms with Gasteiger partial charge in [-0.2, -0.15) is 0 Å². The van der Waals surface area contributed by atoms with Crippen molar-refractivity contribution < 1.29 is 4.79 Å². The molecular formula is C23H24N4O. The van der Waals surface area contributed by atoms with Crippen LogP contribution in [0.1, 0.15) is 22.5 Å². The van der Waals surface area contributed by atoms with Gasteiger partial charge in [-0.25, -0.2) is 9.97 Å². The van der Waals surface area contributed by atoms with Crippen LogP contribution in [-0.2, 0) is 6.42 Å². The third kappa shape index (κ3) is 5.51. The topological polar surface area (TPSA) is 66.9 Å². The molecule has 5 nitrogen and oxygen atoms in total. The molecule has 3 rings (SSSR count). The number of hydrogen-bond acceptors (Lipinski definition) is 4. The molecule has 0 bridgehead atoms. The van der Waals surface area contributed by atoms with Gasteiger partial charge >= 0.3 is 0 Å². The number of aryl methyl sites for hydroxylation is 1. The minimum absolute atomic E-state index is 0.200. The summed E-state index contributed by atoms with van der Waals surface area (Å²) >= 11 is 0. The molecule has 0 aliphatic heterocycles. The maximum atomic E-state index is 12.6. The predicted octanol–water partition coefficient (Wildman–Crippen LogP) is 4.10. The molecule has 142 valence electrons. The third-order valence-corrected chi connectivity index (χ3v) is 4.19. The second kappa shape index (κ2) is 10.0. The number of amides is 1. The van der Waals surface area contributed by atoms with Crippen molar-refractivity contribution in [3.8, 4) is 11.4 Å². The minimum Gasteiger partial charge on any atom is -0.366 e. The quantitative estimate of drug-likeness (QED) is 0.438. The number of anilines is 1. The number of carbonyl (C=O) groups excluding carboxylic acids is 1. The van der Waals surface area contributed by atoms with Crippen LogP contribution in [0.4, 0.5) is 5.82 Å². The summed E-state index contributed by atoms with van der Waals surface area (Å²) in [6.45, 7) is 4.85. The highest BCUT2D eigenvalue weighted by Crippen LogP contribution is 2.18. The molecule has 0 aliphatic carbocycles. The molecule has 1 aromatic heterocycles. The van der Waals surface area contributed by atoms with E-state index in [4.69, 9.17) is 0 Å². The number of benzene rings is 2. The molecule has 0 saturated heterocycles. The van der Waals surface area contributed by atoms with Crippen LogP contribution in [-0.4, -0.2) is 29.0 Å². The van der Waals surface area contributed by atoms with Crippen LogP contribution in [0.3, 0.4) is 0 Å². The van der Waals surface area contributed by atoms with E-state index in [1.54, 1.807) is 12.1 Å². The van der Waals surface area contributed by atoms with Crippen LogP contribution in [0.25, 0.3) is 11.4 Å². The van der Waals surface area contributed by atoms with Gasteiger partial charge in [0, 0.05) is 24.7 Å². The number of rotatable bonds is 9. The van der Waals surface area contributed by atoms with Gasteiger partial charge in [-0.3, -0.25) is 4.79 Å². The number of aromatic nitrogens is 2. The van der Waals surface area contributed by atoms with Gasteiger partial charge in [0.15, 0.2) is 5.82 Å². The average Bonchev–Trinajstić information content (AvgIpc) is 2.76. The zero-order valence-electron chi connectivity index (χ0n) is 15.8. The summed E-state index contributed by atoms with van der Waals surface area (Å²) in [4.78, 5) is 21.6. The Morgan fingerprint density at radius 2 is 1.71 bits per heavy atom. The molecule has 0 atom stereocenters. The molecule has 1 amide bonds. The van der Waals surface area contributed by atoms with Crippen LogP contribution < -0.4 is 10.6 Å². The fourth-order valence-electron chi connectivity index (χ4n) is 2.78. The zero-order chi connectivity index (χ0) is 19.6. The Morgan fingerprint density at radius 3 is 2.43 bits per heavy atom. The Labute approximate surface area is 165 Å². The molecule has 0 fully saturated rings. The first-order valence-electron chi connectivity index (χ1n) is 9.37. The van der Waals surface area contributed by atoms with E-state index in [9.17, 15) is 4.79 Å². The van der Waals surface area contributed by atoms with E-state index in [0.717, 1.165) is 18.4 Å². The number of hydrogen-bond donors (Lipinski definition) is 2. The molecule has 28 heavy (non-hydrogen) atoms. The van der Waals surface area contributed by atoms with Gasteiger partial charge in [0.05, 0.1) is 0 Å². The summed E-state index contributed by atoms with van der Waals surface area (Å²) in [6.07, 6.45) is 3.54. The molecule has 0 spiro atoms. The Morgan fingerprint density at radius 1 is 1.00 bits per heavy atom. The van der Waals surface area contributed by atoms with E-state index in [0.29, 0.717) is 30.4 Å². The van der Waals surface area contributed by atoms with Gasteiger partial charge in [-0.15, -0.1) is 6.58 Å². The fourth-order valence-corrected chi connectivity index (χ4v) is 2.78. The number of nitrogens with zero attached hydrogens (tertiary/aromatic N) is 2. The van der Waals surface area contributed by atoms with Crippen molar-refractivity contribution in [2.45, 2.75) is 12.8 Å². The van der Waals surface area contributed by atoms with Gasteiger partial charge in [0.2, 0.25) is 0 Å². The number of nitrogens with one attached hydrogen (secondary N) is 2. The van der Waals surface area contributed by atoms with Gasteiger partial charge in [-0.1, -0.05) is 66.7 Å². The summed E-state index contributed by atoms with van der Waals surface area (Å²) in [5.41, 5.74) is 2.48. The summed E-state index contributed by atoms with van der Waals surface area (Å²) < 4.78 is 0. The normalized spacial score (nSPS) is 10.3. The van der Waals surface area contributed by atoms with Crippen molar-refractivity contribution in [1.29, 1.82) is 0 Å². The maximum absolute atomic E-state index is 12.6. The summed E-state index contributed by atoms with van der Waals surface area (Å²) in [7, 11) is 0. The monoisotopic (exact) mass is 372 g/mol. The lowest BCUT2D eigenvalue weighted by atomic mass is 10.1. The fraction of sp³-hybridized carbons (Fsp3) is 0.174. The first-order chi connectivity index (χ1) is 13.8. The molecule has 0 unspecified atom stereocenters. The average molecular weight is 372 g/mol. The third-order valence-electron chi connectivity index (χ3n) is 4.19. The van der Waals surface area contributed by atoms with E-state index in [-0.39, 0.29) is 5.91 Å². The van der Waals surface area contributed by atoms with Gasteiger partial charge in [-0.05, 0) is 18.4 Å².